The first-order chi connectivity index (χ1) is 6.97. The maximum absolute atomic E-state index is 11.0. The van der Waals surface area contributed by atoms with Crippen LogP contribution in [-0.2, 0) is 16.3 Å². The van der Waals surface area contributed by atoms with E-state index in [0.717, 1.165) is 6.42 Å². The van der Waals surface area contributed by atoms with Gasteiger partial charge >= 0.3 is 0 Å². The largest absolute Gasteiger partial charge is 0.327 e. The van der Waals surface area contributed by atoms with Crippen molar-refractivity contribution in [2.45, 2.75) is 18.9 Å². The SMILES string of the molecule is CS(=O)(=O)CC(N)CCc1ccccc1. The molecule has 1 rings (SSSR count). The van der Waals surface area contributed by atoms with Gasteiger partial charge in [0.25, 0.3) is 0 Å². The predicted molar refractivity (Wildman–Crippen MR) is 62.4 cm³/mol. The smallest absolute Gasteiger partial charge is 0.148 e. The summed E-state index contributed by atoms with van der Waals surface area (Å²) in [6.45, 7) is 0. The molecule has 0 spiro atoms. The number of benzene rings is 1. The zero-order valence-corrected chi connectivity index (χ0v) is 9.70. The lowest BCUT2D eigenvalue weighted by Crippen LogP contribution is -2.29. The molecule has 0 aliphatic rings. The van der Waals surface area contributed by atoms with Crippen molar-refractivity contribution in [3.63, 3.8) is 0 Å². The van der Waals surface area contributed by atoms with Crippen LogP contribution in [0.2, 0.25) is 0 Å². The molecule has 2 N–H and O–H groups in total. The third kappa shape index (κ3) is 5.54. The van der Waals surface area contributed by atoms with Gasteiger partial charge in [0.15, 0.2) is 0 Å². The van der Waals surface area contributed by atoms with Crippen molar-refractivity contribution in [2.24, 2.45) is 5.73 Å². The number of hydrogen-bond donors (Lipinski definition) is 1. The van der Waals surface area contributed by atoms with E-state index in [9.17, 15) is 8.42 Å². The molecule has 0 heterocycles. The summed E-state index contributed by atoms with van der Waals surface area (Å²) in [5.41, 5.74) is 6.92. The molecule has 0 saturated carbocycles. The number of sulfone groups is 1. The summed E-state index contributed by atoms with van der Waals surface area (Å²) < 4.78 is 21.9. The summed E-state index contributed by atoms with van der Waals surface area (Å²) in [7, 11) is -2.95. The Labute approximate surface area is 91.2 Å². The molecule has 1 unspecified atom stereocenters. The number of aryl methyl sites for hydroxylation is 1. The molecule has 15 heavy (non-hydrogen) atoms. The third-order valence-electron chi connectivity index (χ3n) is 2.16. The Bertz CT molecular complexity index is 386. The highest BCUT2D eigenvalue weighted by Gasteiger charge is 2.10. The molecule has 0 fully saturated rings. The van der Waals surface area contributed by atoms with Crippen molar-refractivity contribution in [2.75, 3.05) is 12.0 Å². The van der Waals surface area contributed by atoms with Gasteiger partial charge in [-0.15, -0.1) is 0 Å². The van der Waals surface area contributed by atoms with Crippen molar-refractivity contribution in [1.29, 1.82) is 0 Å². The summed E-state index contributed by atoms with van der Waals surface area (Å²) in [6.07, 6.45) is 2.75. The molecule has 1 atom stereocenters. The van der Waals surface area contributed by atoms with Crippen LogP contribution in [0.5, 0.6) is 0 Å². The molecule has 0 aliphatic carbocycles. The lowest BCUT2D eigenvalue weighted by atomic mass is 10.1. The minimum absolute atomic E-state index is 0.0693. The van der Waals surface area contributed by atoms with Crippen LogP contribution in [-0.4, -0.2) is 26.5 Å². The van der Waals surface area contributed by atoms with E-state index in [1.807, 2.05) is 30.3 Å². The Balaban J connectivity index is 2.38. The van der Waals surface area contributed by atoms with Crippen LogP contribution >= 0.6 is 0 Å². The zero-order chi connectivity index (χ0) is 11.3. The number of nitrogens with two attached hydrogens (primary N) is 1. The number of rotatable bonds is 5. The molecule has 84 valence electrons. The maximum Gasteiger partial charge on any atom is 0.148 e. The first-order valence-electron chi connectivity index (χ1n) is 4.94. The molecule has 0 radical (unpaired) electrons. The zero-order valence-electron chi connectivity index (χ0n) is 8.89. The van der Waals surface area contributed by atoms with Gasteiger partial charge in [-0.25, -0.2) is 8.42 Å². The maximum atomic E-state index is 11.0. The average molecular weight is 227 g/mol. The summed E-state index contributed by atoms with van der Waals surface area (Å²) in [6, 6.07) is 9.68. The average Bonchev–Trinajstić information content (AvgIpc) is 2.14. The second kappa shape index (κ2) is 5.28. The molecule has 0 amide bonds. The van der Waals surface area contributed by atoms with Crippen LogP contribution in [0.15, 0.2) is 30.3 Å². The van der Waals surface area contributed by atoms with E-state index in [-0.39, 0.29) is 11.8 Å². The van der Waals surface area contributed by atoms with Crippen molar-refractivity contribution >= 4 is 9.84 Å². The fourth-order valence-electron chi connectivity index (χ4n) is 1.47. The van der Waals surface area contributed by atoms with Gasteiger partial charge in [0, 0.05) is 12.3 Å². The second-order valence-electron chi connectivity index (χ2n) is 3.88. The first kappa shape index (κ1) is 12.2. The minimum atomic E-state index is -2.95. The van der Waals surface area contributed by atoms with Gasteiger partial charge in [-0.05, 0) is 18.4 Å². The monoisotopic (exact) mass is 227 g/mol. The van der Waals surface area contributed by atoms with E-state index < -0.39 is 9.84 Å². The van der Waals surface area contributed by atoms with Crippen LogP contribution in [0.25, 0.3) is 0 Å². The minimum Gasteiger partial charge on any atom is -0.327 e. The Kier molecular flexibility index (Phi) is 4.29. The van der Waals surface area contributed by atoms with E-state index >= 15 is 0 Å². The van der Waals surface area contributed by atoms with Gasteiger partial charge in [0.2, 0.25) is 0 Å². The summed E-state index contributed by atoms with van der Waals surface area (Å²) in [5.74, 6) is 0.0693. The fraction of sp³-hybridized carbons (Fsp3) is 0.455. The Hall–Kier alpha value is -0.870. The van der Waals surface area contributed by atoms with Crippen molar-refractivity contribution in [3.8, 4) is 0 Å². The van der Waals surface area contributed by atoms with Gasteiger partial charge in [0.05, 0.1) is 5.75 Å². The highest BCUT2D eigenvalue weighted by atomic mass is 32.2. The molecule has 4 heteroatoms. The van der Waals surface area contributed by atoms with E-state index in [0.29, 0.717) is 6.42 Å². The topological polar surface area (TPSA) is 60.2 Å². The normalized spacial score (nSPS) is 13.7. The van der Waals surface area contributed by atoms with E-state index in [4.69, 9.17) is 5.73 Å². The van der Waals surface area contributed by atoms with E-state index in [2.05, 4.69) is 0 Å². The highest BCUT2D eigenvalue weighted by Crippen LogP contribution is 2.04. The number of hydrogen-bond acceptors (Lipinski definition) is 3. The van der Waals surface area contributed by atoms with E-state index in [1.54, 1.807) is 0 Å². The van der Waals surface area contributed by atoms with Crippen molar-refractivity contribution in [1.82, 2.24) is 0 Å². The van der Waals surface area contributed by atoms with E-state index in [1.165, 1.54) is 11.8 Å². The van der Waals surface area contributed by atoms with Gasteiger partial charge in [-0.1, -0.05) is 30.3 Å². The lowest BCUT2D eigenvalue weighted by Gasteiger charge is -2.09. The molecular formula is C11H17NO2S. The molecule has 0 aliphatic heterocycles. The van der Waals surface area contributed by atoms with Crippen LogP contribution < -0.4 is 5.73 Å². The van der Waals surface area contributed by atoms with Crippen LogP contribution in [0.4, 0.5) is 0 Å². The first-order valence-corrected chi connectivity index (χ1v) is 7.00. The summed E-state index contributed by atoms with van der Waals surface area (Å²) >= 11 is 0. The summed E-state index contributed by atoms with van der Waals surface area (Å²) in [4.78, 5) is 0. The van der Waals surface area contributed by atoms with Gasteiger partial charge < -0.3 is 5.73 Å². The van der Waals surface area contributed by atoms with Crippen LogP contribution in [0.3, 0.4) is 0 Å². The van der Waals surface area contributed by atoms with Crippen LogP contribution in [0.1, 0.15) is 12.0 Å². The second-order valence-corrected chi connectivity index (χ2v) is 6.06. The van der Waals surface area contributed by atoms with Gasteiger partial charge in [-0.3, -0.25) is 0 Å². The van der Waals surface area contributed by atoms with Crippen molar-refractivity contribution in [3.05, 3.63) is 35.9 Å². The van der Waals surface area contributed by atoms with Crippen LogP contribution in [0, 0.1) is 0 Å². The van der Waals surface area contributed by atoms with Gasteiger partial charge in [0.1, 0.15) is 9.84 Å². The highest BCUT2D eigenvalue weighted by molar-refractivity contribution is 7.90. The predicted octanol–water partition coefficient (Wildman–Crippen LogP) is 0.991. The molecule has 3 nitrogen and oxygen atoms in total. The summed E-state index contributed by atoms with van der Waals surface area (Å²) in [5, 5.41) is 0. The third-order valence-corrected chi connectivity index (χ3v) is 3.20. The van der Waals surface area contributed by atoms with Crippen molar-refractivity contribution < 1.29 is 8.42 Å². The van der Waals surface area contributed by atoms with Gasteiger partial charge in [-0.2, -0.15) is 0 Å². The molecule has 0 aromatic heterocycles. The Morgan fingerprint density at radius 2 is 1.87 bits per heavy atom. The molecule has 0 bridgehead atoms. The Morgan fingerprint density at radius 3 is 2.40 bits per heavy atom. The lowest BCUT2D eigenvalue weighted by molar-refractivity contribution is 0.584. The molecular weight excluding hydrogens is 210 g/mol. The quantitative estimate of drug-likeness (QED) is 0.816. The Morgan fingerprint density at radius 1 is 1.27 bits per heavy atom. The standard InChI is InChI=1S/C11H17NO2S/c1-15(13,14)9-11(12)8-7-10-5-3-2-4-6-10/h2-6,11H,7-9,12H2,1H3. The molecule has 1 aromatic carbocycles. The molecule has 0 saturated heterocycles. The molecule has 1 aromatic rings. The fourth-order valence-corrected chi connectivity index (χ4v) is 2.41.